The summed E-state index contributed by atoms with van der Waals surface area (Å²) in [6, 6.07) is 12.2. The van der Waals surface area contributed by atoms with Gasteiger partial charge in [0.2, 0.25) is 0 Å². The highest BCUT2D eigenvalue weighted by Gasteiger charge is 2.12. The number of rotatable bonds is 5. The fourth-order valence-electron chi connectivity index (χ4n) is 2.03. The van der Waals surface area contributed by atoms with Gasteiger partial charge in [-0.25, -0.2) is 4.39 Å². The van der Waals surface area contributed by atoms with Gasteiger partial charge in [-0.2, -0.15) is 0 Å². The Kier molecular flexibility index (Phi) is 5.29. The quantitative estimate of drug-likeness (QED) is 0.892. The molecule has 0 aliphatic rings. The Hall–Kier alpha value is -1.23. The maximum atomic E-state index is 13.7. The summed E-state index contributed by atoms with van der Waals surface area (Å²) in [6.45, 7) is 0.538. The van der Waals surface area contributed by atoms with Crippen LogP contribution >= 0.6 is 15.9 Å². The Labute approximate surface area is 126 Å². The van der Waals surface area contributed by atoms with E-state index >= 15 is 0 Å². The standard InChI is InChI=1S/C16H16BrFO2/c1-20-10-11-2-4-12(5-3-11)16(19)9-13-8-14(17)6-7-15(13)18/h2-8,16,19H,9-10H2,1H3. The first kappa shape index (κ1) is 15.2. The Morgan fingerprint density at radius 3 is 2.55 bits per heavy atom. The molecule has 4 heteroatoms. The van der Waals surface area contributed by atoms with E-state index in [1.165, 1.54) is 6.07 Å². The number of halogens is 2. The third-order valence-corrected chi connectivity index (χ3v) is 3.59. The molecule has 0 aliphatic heterocycles. The molecule has 1 unspecified atom stereocenters. The van der Waals surface area contributed by atoms with E-state index in [0.717, 1.165) is 15.6 Å². The van der Waals surface area contributed by atoms with Crippen LogP contribution in [0.25, 0.3) is 0 Å². The summed E-state index contributed by atoms with van der Waals surface area (Å²) >= 11 is 3.31. The summed E-state index contributed by atoms with van der Waals surface area (Å²) in [7, 11) is 1.64. The lowest BCUT2D eigenvalue weighted by Crippen LogP contribution is -2.04. The van der Waals surface area contributed by atoms with Gasteiger partial charge < -0.3 is 9.84 Å². The van der Waals surface area contributed by atoms with Crippen molar-refractivity contribution in [2.45, 2.75) is 19.1 Å². The lowest BCUT2D eigenvalue weighted by atomic mass is 10.00. The van der Waals surface area contributed by atoms with Crippen LogP contribution in [-0.2, 0) is 17.8 Å². The van der Waals surface area contributed by atoms with Crippen LogP contribution in [0.5, 0.6) is 0 Å². The van der Waals surface area contributed by atoms with Crippen LogP contribution in [0.1, 0.15) is 22.8 Å². The van der Waals surface area contributed by atoms with Crippen LogP contribution in [0.3, 0.4) is 0 Å². The van der Waals surface area contributed by atoms with Crippen molar-refractivity contribution in [2.24, 2.45) is 0 Å². The Balaban J connectivity index is 2.11. The van der Waals surface area contributed by atoms with Crippen LogP contribution < -0.4 is 0 Å². The zero-order valence-electron chi connectivity index (χ0n) is 11.1. The second kappa shape index (κ2) is 6.97. The van der Waals surface area contributed by atoms with Crippen LogP contribution in [0.2, 0.25) is 0 Å². The van der Waals surface area contributed by atoms with Crippen molar-refractivity contribution in [2.75, 3.05) is 7.11 Å². The van der Waals surface area contributed by atoms with E-state index in [-0.39, 0.29) is 12.2 Å². The van der Waals surface area contributed by atoms with E-state index in [1.54, 1.807) is 19.2 Å². The molecule has 2 nitrogen and oxygen atoms in total. The van der Waals surface area contributed by atoms with E-state index in [1.807, 2.05) is 24.3 Å². The van der Waals surface area contributed by atoms with E-state index in [9.17, 15) is 9.50 Å². The summed E-state index contributed by atoms with van der Waals surface area (Å²) in [4.78, 5) is 0. The van der Waals surface area contributed by atoms with Gasteiger partial charge in [0.15, 0.2) is 0 Å². The number of aliphatic hydroxyl groups is 1. The molecule has 106 valence electrons. The topological polar surface area (TPSA) is 29.5 Å². The maximum Gasteiger partial charge on any atom is 0.126 e. The minimum Gasteiger partial charge on any atom is -0.388 e. The Morgan fingerprint density at radius 1 is 1.20 bits per heavy atom. The maximum absolute atomic E-state index is 13.7. The number of benzene rings is 2. The zero-order chi connectivity index (χ0) is 14.5. The van der Waals surface area contributed by atoms with Gasteiger partial charge in [0, 0.05) is 18.0 Å². The van der Waals surface area contributed by atoms with E-state index in [2.05, 4.69) is 15.9 Å². The predicted octanol–water partition coefficient (Wildman–Crippen LogP) is 4.01. The van der Waals surface area contributed by atoms with Crippen LogP contribution in [0, 0.1) is 5.82 Å². The lowest BCUT2D eigenvalue weighted by Gasteiger charge is -2.12. The second-order valence-electron chi connectivity index (χ2n) is 4.63. The summed E-state index contributed by atoms with van der Waals surface area (Å²) in [5, 5.41) is 10.2. The highest BCUT2D eigenvalue weighted by molar-refractivity contribution is 9.10. The van der Waals surface area contributed by atoms with Crippen molar-refractivity contribution >= 4 is 15.9 Å². The smallest absolute Gasteiger partial charge is 0.126 e. The predicted molar refractivity (Wildman–Crippen MR) is 79.9 cm³/mol. The summed E-state index contributed by atoms with van der Waals surface area (Å²) < 4.78 is 19.5. The monoisotopic (exact) mass is 338 g/mol. The van der Waals surface area contributed by atoms with E-state index < -0.39 is 6.10 Å². The number of ether oxygens (including phenoxy) is 1. The number of hydrogen-bond donors (Lipinski definition) is 1. The van der Waals surface area contributed by atoms with Crippen molar-refractivity contribution in [3.05, 3.63) is 69.4 Å². The molecule has 20 heavy (non-hydrogen) atoms. The van der Waals surface area contributed by atoms with Gasteiger partial charge in [0.05, 0.1) is 12.7 Å². The Bertz CT molecular complexity index is 569. The molecule has 1 atom stereocenters. The number of hydrogen-bond acceptors (Lipinski definition) is 2. The van der Waals surface area contributed by atoms with Crippen molar-refractivity contribution in [1.29, 1.82) is 0 Å². The molecule has 0 heterocycles. The molecule has 0 aliphatic carbocycles. The SMILES string of the molecule is COCc1ccc(C(O)Cc2cc(Br)ccc2F)cc1. The summed E-state index contributed by atoms with van der Waals surface area (Å²) in [6.07, 6.45) is -0.482. The van der Waals surface area contributed by atoms with Crippen LogP contribution in [0.15, 0.2) is 46.9 Å². The third kappa shape index (κ3) is 3.88. The summed E-state index contributed by atoms with van der Waals surface area (Å²) in [5.41, 5.74) is 2.30. The average molecular weight is 339 g/mol. The molecular weight excluding hydrogens is 323 g/mol. The molecule has 0 fully saturated rings. The van der Waals surface area contributed by atoms with Gasteiger partial charge in [-0.05, 0) is 34.9 Å². The van der Waals surface area contributed by atoms with Crippen LogP contribution in [-0.4, -0.2) is 12.2 Å². The second-order valence-corrected chi connectivity index (χ2v) is 5.55. The highest BCUT2D eigenvalue weighted by atomic mass is 79.9. The first-order valence-corrected chi connectivity index (χ1v) is 7.09. The van der Waals surface area contributed by atoms with Crippen molar-refractivity contribution in [3.63, 3.8) is 0 Å². The molecule has 2 aromatic rings. The first-order valence-electron chi connectivity index (χ1n) is 6.30. The van der Waals surface area contributed by atoms with Gasteiger partial charge in [-0.15, -0.1) is 0 Å². The highest BCUT2D eigenvalue weighted by Crippen LogP contribution is 2.23. The molecule has 0 bridgehead atoms. The minimum absolute atomic E-state index is 0.245. The fourth-order valence-corrected chi connectivity index (χ4v) is 2.44. The normalized spacial score (nSPS) is 12.4. The molecule has 0 saturated carbocycles. The molecule has 2 rings (SSSR count). The molecule has 0 saturated heterocycles. The third-order valence-electron chi connectivity index (χ3n) is 3.10. The van der Waals surface area contributed by atoms with Gasteiger partial charge in [-0.1, -0.05) is 40.2 Å². The number of methoxy groups -OCH3 is 1. The average Bonchev–Trinajstić information content (AvgIpc) is 2.44. The first-order chi connectivity index (χ1) is 9.60. The van der Waals surface area contributed by atoms with E-state index in [4.69, 9.17) is 4.74 Å². The van der Waals surface area contributed by atoms with Gasteiger partial charge in [0.25, 0.3) is 0 Å². The molecule has 0 spiro atoms. The summed E-state index contributed by atoms with van der Waals surface area (Å²) in [5.74, 6) is -0.303. The van der Waals surface area contributed by atoms with Gasteiger partial charge >= 0.3 is 0 Å². The molecule has 0 amide bonds. The minimum atomic E-state index is -0.726. The largest absolute Gasteiger partial charge is 0.388 e. The van der Waals surface area contributed by atoms with Gasteiger partial charge in [0.1, 0.15) is 5.82 Å². The van der Waals surface area contributed by atoms with Crippen molar-refractivity contribution < 1.29 is 14.2 Å². The number of aliphatic hydroxyl groups excluding tert-OH is 1. The van der Waals surface area contributed by atoms with Crippen LogP contribution in [0.4, 0.5) is 4.39 Å². The Morgan fingerprint density at radius 2 is 1.90 bits per heavy atom. The molecule has 0 aromatic heterocycles. The van der Waals surface area contributed by atoms with Gasteiger partial charge in [-0.3, -0.25) is 0 Å². The lowest BCUT2D eigenvalue weighted by molar-refractivity contribution is 0.176. The van der Waals surface area contributed by atoms with Crippen molar-refractivity contribution in [3.8, 4) is 0 Å². The molecule has 1 N–H and O–H groups in total. The molecule has 0 radical (unpaired) electrons. The van der Waals surface area contributed by atoms with E-state index in [0.29, 0.717) is 12.2 Å². The molecule has 2 aromatic carbocycles. The molecular formula is C16H16BrFO2. The fraction of sp³-hybridized carbons (Fsp3) is 0.250. The van der Waals surface area contributed by atoms with Crippen molar-refractivity contribution in [1.82, 2.24) is 0 Å². The zero-order valence-corrected chi connectivity index (χ0v) is 12.7.